The molecule has 2 N–H and O–H groups in total. The average Bonchev–Trinajstić information content (AvgIpc) is 3.18. The number of likely N-dealkylation sites (N-methyl/N-ethyl adjacent to an activating group) is 1. The van der Waals surface area contributed by atoms with Crippen LogP contribution >= 0.6 is 0 Å². The molecule has 1 aliphatic heterocycles. The summed E-state index contributed by atoms with van der Waals surface area (Å²) in [6.07, 6.45) is 4.98. The Labute approximate surface area is 147 Å². The number of carbonyl (C=O) groups is 1. The number of phenolic OH excluding ortho intramolecular Hbond substituents is 1. The fourth-order valence-electron chi connectivity index (χ4n) is 3.42. The minimum absolute atomic E-state index is 0.0461. The van der Waals surface area contributed by atoms with Gasteiger partial charge in [0.05, 0.1) is 7.11 Å². The number of aromatic nitrogens is 2. The Morgan fingerprint density at radius 1 is 1.44 bits per heavy atom. The van der Waals surface area contributed by atoms with Crippen LogP contribution in [0.25, 0.3) is 0 Å². The van der Waals surface area contributed by atoms with E-state index in [2.05, 4.69) is 10.4 Å². The summed E-state index contributed by atoms with van der Waals surface area (Å²) >= 11 is 0. The summed E-state index contributed by atoms with van der Waals surface area (Å²) in [5, 5.41) is 17.4. The Bertz CT molecular complexity index is 724. The first-order chi connectivity index (χ1) is 12.1. The van der Waals surface area contributed by atoms with E-state index in [0.29, 0.717) is 25.1 Å². The van der Waals surface area contributed by atoms with Crippen LogP contribution in [0.2, 0.25) is 0 Å². The maximum Gasteiger partial charge on any atom is 0.250 e. The number of aromatic hydroxyl groups is 1. The van der Waals surface area contributed by atoms with Crippen molar-refractivity contribution in [1.82, 2.24) is 20.0 Å². The number of hydrogen-bond donors (Lipinski definition) is 2. The minimum Gasteiger partial charge on any atom is -0.504 e. The van der Waals surface area contributed by atoms with Gasteiger partial charge in [-0.25, -0.2) is 0 Å². The fraction of sp³-hybridized carbons (Fsp3) is 0.444. The maximum atomic E-state index is 13.3. The second-order valence-corrected chi connectivity index (χ2v) is 6.40. The lowest BCUT2D eigenvalue weighted by Crippen LogP contribution is -2.54. The third-order valence-electron chi connectivity index (χ3n) is 4.78. The van der Waals surface area contributed by atoms with E-state index in [4.69, 9.17) is 4.74 Å². The number of ether oxygens (including phenoxy) is 1. The molecule has 1 amide bonds. The standard InChI is InChI=1S/C18H24N4O3/c1-21(13-14-4-5-15(23)16(12-14)25-2)17(24)18(6-9-19-10-7-18)22-11-3-8-20-22/h3-5,8,11-12,19,23H,6-7,9-10,13H2,1-2H3. The van der Waals surface area contributed by atoms with Crippen LogP contribution in [0.4, 0.5) is 0 Å². The Hall–Kier alpha value is -2.54. The van der Waals surface area contributed by atoms with Crippen LogP contribution < -0.4 is 10.1 Å². The molecule has 25 heavy (non-hydrogen) atoms. The van der Waals surface area contributed by atoms with Gasteiger partial charge in [-0.1, -0.05) is 6.07 Å². The van der Waals surface area contributed by atoms with Gasteiger partial charge in [-0.3, -0.25) is 9.48 Å². The summed E-state index contributed by atoms with van der Waals surface area (Å²) in [6, 6.07) is 6.98. The summed E-state index contributed by atoms with van der Waals surface area (Å²) in [4.78, 5) is 15.0. The molecule has 7 nitrogen and oxygen atoms in total. The molecule has 0 saturated carbocycles. The first-order valence-electron chi connectivity index (χ1n) is 8.39. The van der Waals surface area contributed by atoms with Crippen LogP contribution in [-0.4, -0.2) is 52.9 Å². The van der Waals surface area contributed by atoms with Crippen molar-refractivity contribution in [2.75, 3.05) is 27.2 Å². The number of piperidine rings is 1. The Kier molecular flexibility index (Phi) is 4.94. The topological polar surface area (TPSA) is 79.6 Å². The monoisotopic (exact) mass is 344 g/mol. The number of benzene rings is 1. The van der Waals surface area contributed by atoms with Crippen LogP contribution in [0.1, 0.15) is 18.4 Å². The molecule has 0 unspecified atom stereocenters. The molecule has 1 fully saturated rings. The van der Waals surface area contributed by atoms with Gasteiger partial charge in [0.25, 0.3) is 5.91 Å². The molecule has 0 bridgehead atoms. The van der Waals surface area contributed by atoms with Gasteiger partial charge in [-0.05, 0) is 49.7 Å². The van der Waals surface area contributed by atoms with Crippen molar-refractivity contribution >= 4 is 5.91 Å². The van der Waals surface area contributed by atoms with Gasteiger partial charge in [0.1, 0.15) is 5.54 Å². The fourth-order valence-corrected chi connectivity index (χ4v) is 3.42. The third kappa shape index (κ3) is 3.32. The smallest absolute Gasteiger partial charge is 0.250 e. The van der Waals surface area contributed by atoms with Crippen molar-refractivity contribution in [1.29, 1.82) is 0 Å². The van der Waals surface area contributed by atoms with Crippen LogP contribution in [0.5, 0.6) is 11.5 Å². The van der Waals surface area contributed by atoms with Gasteiger partial charge in [0.15, 0.2) is 11.5 Å². The van der Waals surface area contributed by atoms with Crippen molar-refractivity contribution in [2.24, 2.45) is 0 Å². The first-order valence-corrected chi connectivity index (χ1v) is 8.39. The molecule has 0 aliphatic carbocycles. The highest BCUT2D eigenvalue weighted by atomic mass is 16.5. The van der Waals surface area contributed by atoms with E-state index in [-0.39, 0.29) is 11.7 Å². The van der Waals surface area contributed by atoms with Crippen molar-refractivity contribution in [2.45, 2.75) is 24.9 Å². The molecule has 134 valence electrons. The number of amides is 1. The normalized spacial score (nSPS) is 16.4. The highest BCUT2D eigenvalue weighted by Crippen LogP contribution is 2.31. The van der Waals surface area contributed by atoms with Crippen LogP contribution in [0, 0.1) is 0 Å². The highest BCUT2D eigenvalue weighted by Gasteiger charge is 2.43. The molecule has 7 heteroatoms. The maximum absolute atomic E-state index is 13.3. The lowest BCUT2D eigenvalue weighted by Gasteiger charge is -2.39. The Balaban J connectivity index is 1.82. The molecule has 3 rings (SSSR count). The second-order valence-electron chi connectivity index (χ2n) is 6.40. The number of nitrogens with zero attached hydrogens (tertiary/aromatic N) is 3. The molecular weight excluding hydrogens is 320 g/mol. The molecule has 0 atom stereocenters. The summed E-state index contributed by atoms with van der Waals surface area (Å²) in [5.74, 6) is 0.540. The number of nitrogens with one attached hydrogen (secondary N) is 1. The van der Waals surface area contributed by atoms with Gasteiger partial charge >= 0.3 is 0 Å². The molecule has 2 aromatic rings. The van der Waals surface area contributed by atoms with Gasteiger partial charge in [-0.2, -0.15) is 5.10 Å². The molecular formula is C18H24N4O3. The molecule has 1 aromatic heterocycles. The second kappa shape index (κ2) is 7.14. The van der Waals surface area contributed by atoms with E-state index >= 15 is 0 Å². The van der Waals surface area contributed by atoms with Crippen LogP contribution in [0.15, 0.2) is 36.7 Å². The van der Waals surface area contributed by atoms with Crippen LogP contribution in [-0.2, 0) is 16.9 Å². The molecule has 0 spiro atoms. The van der Waals surface area contributed by atoms with Crippen molar-refractivity contribution in [3.8, 4) is 11.5 Å². The van der Waals surface area contributed by atoms with Gasteiger partial charge < -0.3 is 20.1 Å². The molecule has 1 aliphatic rings. The number of phenols is 1. The van der Waals surface area contributed by atoms with Gasteiger partial charge in [0.2, 0.25) is 0 Å². The third-order valence-corrected chi connectivity index (χ3v) is 4.78. The summed E-state index contributed by atoms with van der Waals surface area (Å²) in [7, 11) is 3.31. The molecule has 2 heterocycles. The lowest BCUT2D eigenvalue weighted by molar-refractivity contribution is -0.142. The first kappa shape index (κ1) is 17.3. The molecule has 1 saturated heterocycles. The zero-order chi connectivity index (χ0) is 17.9. The molecule has 1 aromatic carbocycles. The van der Waals surface area contributed by atoms with Crippen molar-refractivity contribution in [3.63, 3.8) is 0 Å². The van der Waals surface area contributed by atoms with Crippen molar-refractivity contribution < 1.29 is 14.6 Å². The van der Waals surface area contributed by atoms with Crippen molar-refractivity contribution in [3.05, 3.63) is 42.2 Å². The average molecular weight is 344 g/mol. The van der Waals surface area contributed by atoms with Gasteiger partial charge in [-0.15, -0.1) is 0 Å². The van der Waals surface area contributed by atoms with E-state index in [1.807, 2.05) is 12.3 Å². The Morgan fingerprint density at radius 3 is 2.84 bits per heavy atom. The van der Waals surface area contributed by atoms with E-state index in [0.717, 1.165) is 18.7 Å². The van der Waals surface area contributed by atoms with E-state index in [1.165, 1.54) is 7.11 Å². The lowest BCUT2D eigenvalue weighted by atomic mass is 9.86. The largest absolute Gasteiger partial charge is 0.504 e. The summed E-state index contributed by atoms with van der Waals surface area (Å²) < 4.78 is 6.94. The Morgan fingerprint density at radius 2 is 2.20 bits per heavy atom. The predicted molar refractivity (Wildman–Crippen MR) is 93.4 cm³/mol. The van der Waals surface area contributed by atoms with E-state index in [9.17, 15) is 9.90 Å². The summed E-state index contributed by atoms with van der Waals surface area (Å²) in [5.41, 5.74) is 0.250. The zero-order valence-electron chi connectivity index (χ0n) is 14.6. The van der Waals surface area contributed by atoms with E-state index in [1.54, 1.807) is 41.0 Å². The number of hydrogen-bond acceptors (Lipinski definition) is 5. The van der Waals surface area contributed by atoms with Gasteiger partial charge in [0, 0.05) is 26.0 Å². The minimum atomic E-state index is -0.648. The number of carbonyl (C=O) groups excluding carboxylic acids is 1. The summed E-state index contributed by atoms with van der Waals surface area (Å²) in [6.45, 7) is 2.00. The predicted octanol–water partition coefficient (Wildman–Crippen LogP) is 1.33. The molecule has 0 radical (unpaired) electrons. The quantitative estimate of drug-likeness (QED) is 0.856. The van der Waals surface area contributed by atoms with E-state index < -0.39 is 5.54 Å². The zero-order valence-corrected chi connectivity index (χ0v) is 14.6. The highest BCUT2D eigenvalue weighted by molar-refractivity contribution is 5.84. The number of rotatable bonds is 5. The SMILES string of the molecule is COc1cc(CN(C)C(=O)C2(n3cccn3)CCNCC2)ccc1O. The van der Waals surface area contributed by atoms with Crippen LogP contribution in [0.3, 0.4) is 0 Å². The number of methoxy groups -OCH3 is 1.